The van der Waals surface area contributed by atoms with Gasteiger partial charge in [-0.25, -0.2) is 3.53 Å². The highest BCUT2D eigenvalue weighted by molar-refractivity contribution is 14.1. The van der Waals surface area contributed by atoms with Crippen molar-refractivity contribution < 1.29 is 9.90 Å². The largest absolute Gasteiger partial charge is 0.480 e. The number of nitrogens with one attached hydrogen (secondary N) is 1. The number of halogens is 1. The molecule has 1 unspecified atom stereocenters. The number of rotatable bonds is 3. The van der Waals surface area contributed by atoms with Crippen molar-refractivity contribution in [2.45, 2.75) is 6.04 Å². The fourth-order valence-electron chi connectivity index (χ4n) is 0.159. The predicted octanol–water partition coefficient (Wildman–Crippen LogP) is 0.309. The lowest BCUT2D eigenvalue weighted by Gasteiger charge is -2.02. The first kappa shape index (κ1) is 8.51. The van der Waals surface area contributed by atoms with Gasteiger partial charge in [0.2, 0.25) is 0 Å². The van der Waals surface area contributed by atoms with Gasteiger partial charge in [0.05, 0.1) is 0 Å². The lowest BCUT2D eigenvalue weighted by molar-refractivity contribution is -0.138. The van der Waals surface area contributed by atoms with Gasteiger partial charge in [0.25, 0.3) is 0 Å². The number of carbonyl (C=O) groups is 1. The zero-order chi connectivity index (χ0) is 6.57. The summed E-state index contributed by atoms with van der Waals surface area (Å²) >= 11 is 5.57. The Morgan fingerprint density at radius 2 is 2.50 bits per heavy atom. The Kier molecular flexibility index (Phi) is 4.68. The first-order chi connectivity index (χ1) is 3.72. The molecule has 0 aromatic carbocycles. The van der Waals surface area contributed by atoms with Crippen molar-refractivity contribution in [2.24, 2.45) is 0 Å². The molecule has 0 rings (SSSR count). The van der Waals surface area contributed by atoms with Gasteiger partial charge in [-0.2, -0.15) is 12.6 Å². The van der Waals surface area contributed by atoms with Gasteiger partial charge in [0.15, 0.2) is 0 Å². The maximum absolute atomic E-state index is 10.0. The van der Waals surface area contributed by atoms with E-state index in [1.54, 1.807) is 22.9 Å². The zero-order valence-corrected chi connectivity index (χ0v) is 7.02. The second kappa shape index (κ2) is 4.39. The Hall–Kier alpha value is 0.510. The molecule has 0 bridgehead atoms. The van der Waals surface area contributed by atoms with Crippen LogP contribution in [0.1, 0.15) is 0 Å². The molecule has 1 atom stereocenters. The third kappa shape index (κ3) is 2.73. The quantitative estimate of drug-likeness (QED) is 0.382. The Morgan fingerprint density at radius 1 is 2.00 bits per heavy atom. The molecule has 0 heterocycles. The Morgan fingerprint density at radius 3 is 2.50 bits per heavy atom. The summed E-state index contributed by atoms with van der Waals surface area (Å²) in [5.41, 5.74) is 0. The van der Waals surface area contributed by atoms with Gasteiger partial charge in [-0.15, -0.1) is 0 Å². The molecule has 3 nitrogen and oxygen atoms in total. The van der Waals surface area contributed by atoms with E-state index in [0.29, 0.717) is 5.75 Å². The minimum atomic E-state index is -0.866. The fourth-order valence-corrected chi connectivity index (χ4v) is 1.24. The van der Waals surface area contributed by atoms with Crippen LogP contribution in [0.3, 0.4) is 0 Å². The van der Waals surface area contributed by atoms with Crippen molar-refractivity contribution in [3.05, 3.63) is 0 Å². The summed E-state index contributed by atoms with van der Waals surface area (Å²) in [4.78, 5) is 10.0. The number of thiol groups is 1. The van der Waals surface area contributed by atoms with Crippen LogP contribution in [-0.4, -0.2) is 22.9 Å². The van der Waals surface area contributed by atoms with Crippen LogP contribution in [0.25, 0.3) is 0 Å². The van der Waals surface area contributed by atoms with Crippen molar-refractivity contribution in [2.75, 3.05) is 5.75 Å². The van der Waals surface area contributed by atoms with Gasteiger partial charge in [-0.3, -0.25) is 4.79 Å². The number of hydrogen-bond donors (Lipinski definition) is 3. The standard InChI is InChI=1S/C3H6INO2S/c4-5-2(1-8)3(6)7/h2,5,8H,1H2,(H,6,7). The highest BCUT2D eigenvalue weighted by Crippen LogP contribution is 1.89. The summed E-state index contributed by atoms with van der Waals surface area (Å²) in [5.74, 6) is -0.549. The third-order valence-electron chi connectivity index (χ3n) is 0.612. The van der Waals surface area contributed by atoms with E-state index in [1.165, 1.54) is 0 Å². The average molecular weight is 247 g/mol. The van der Waals surface area contributed by atoms with Gasteiger partial charge >= 0.3 is 5.97 Å². The molecule has 0 radical (unpaired) electrons. The number of aliphatic carboxylic acids is 1. The van der Waals surface area contributed by atoms with Crippen molar-refractivity contribution in [1.29, 1.82) is 0 Å². The summed E-state index contributed by atoms with van der Waals surface area (Å²) in [7, 11) is 0. The third-order valence-corrected chi connectivity index (χ3v) is 1.73. The highest BCUT2D eigenvalue weighted by atomic mass is 127. The average Bonchev–Trinajstić information content (AvgIpc) is 1.69. The second-order valence-electron chi connectivity index (χ2n) is 1.18. The monoisotopic (exact) mass is 247 g/mol. The Labute approximate surface area is 66.7 Å². The van der Waals surface area contributed by atoms with Crippen LogP contribution in [0.4, 0.5) is 0 Å². The molecular weight excluding hydrogens is 241 g/mol. The SMILES string of the molecule is O=C(O)C(CS)NI. The van der Waals surface area contributed by atoms with Gasteiger partial charge in [0.1, 0.15) is 6.04 Å². The first-order valence-corrected chi connectivity index (χ1v) is 3.63. The van der Waals surface area contributed by atoms with Crippen LogP contribution >= 0.6 is 35.5 Å². The molecule has 0 saturated heterocycles. The maximum Gasteiger partial charge on any atom is 0.322 e. The fraction of sp³-hybridized carbons (Fsp3) is 0.667. The minimum absolute atomic E-state index is 0.318. The number of hydrogen-bond acceptors (Lipinski definition) is 3. The lowest BCUT2D eigenvalue weighted by atomic mass is 10.4. The molecular formula is C3H6INO2S. The van der Waals surface area contributed by atoms with Crippen molar-refractivity contribution in [3.63, 3.8) is 0 Å². The molecule has 0 aromatic rings. The van der Waals surface area contributed by atoms with Crippen LogP contribution in [-0.2, 0) is 4.79 Å². The predicted molar refractivity (Wildman–Crippen MR) is 42.4 cm³/mol. The van der Waals surface area contributed by atoms with Gasteiger partial charge in [0, 0.05) is 28.6 Å². The minimum Gasteiger partial charge on any atom is -0.480 e. The van der Waals surface area contributed by atoms with Gasteiger partial charge in [-0.1, -0.05) is 0 Å². The van der Waals surface area contributed by atoms with Crippen molar-refractivity contribution >= 4 is 41.5 Å². The van der Waals surface area contributed by atoms with Crippen LogP contribution in [0, 0.1) is 0 Å². The van der Waals surface area contributed by atoms with E-state index in [9.17, 15) is 4.79 Å². The Bertz CT molecular complexity index is 85.4. The van der Waals surface area contributed by atoms with Crippen LogP contribution in [0.5, 0.6) is 0 Å². The second-order valence-corrected chi connectivity index (χ2v) is 2.17. The molecule has 5 heteroatoms. The Balaban J connectivity index is 3.52. The molecule has 0 fully saturated rings. The van der Waals surface area contributed by atoms with Crippen LogP contribution < -0.4 is 3.53 Å². The van der Waals surface area contributed by atoms with Crippen LogP contribution in [0.2, 0.25) is 0 Å². The van der Waals surface area contributed by atoms with E-state index in [4.69, 9.17) is 5.11 Å². The van der Waals surface area contributed by atoms with E-state index in [2.05, 4.69) is 16.2 Å². The van der Waals surface area contributed by atoms with E-state index in [1.807, 2.05) is 0 Å². The van der Waals surface area contributed by atoms with Crippen LogP contribution in [0.15, 0.2) is 0 Å². The summed E-state index contributed by atoms with van der Waals surface area (Å²) in [6, 6.07) is -0.529. The van der Waals surface area contributed by atoms with Crippen molar-refractivity contribution in [3.8, 4) is 0 Å². The first-order valence-electron chi connectivity index (χ1n) is 1.92. The zero-order valence-electron chi connectivity index (χ0n) is 3.97. The van der Waals surface area contributed by atoms with E-state index >= 15 is 0 Å². The highest BCUT2D eigenvalue weighted by Gasteiger charge is 2.11. The molecule has 0 aliphatic heterocycles. The summed E-state index contributed by atoms with van der Waals surface area (Å²) in [5, 5.41) is 8.26. The molecule has 0 aliphatic carbocycles. The van der Waals surface area contributed by atoms with E-state index in [0.717, 1.165) is 0 Å². The molecule has 48 valence electrons. The molecule has 0 aromatic heterocycles. The number of carboxylic acid groups (broad SMARTS) is 1. The molecule has 8 heavy (non-hydrogen) atoms. The topological polar surface area (TPSA) is 49.3 Å². The molecule has 0 saturated carbocycles. The van der Waals surface area contributed by atoms with E-state index < -0.39 is 12.0 Å². The van der Waals surface area contributed by atoms with Crippen molar-refractivity contribution in [1.82, 2.24) is 3.53 Å². The van der Waals surface area contributed by atoms with Gasteiger partial charge in [-0.05, 0) is 0 Å². The normalized spacial score (nSPS) is 13.2. The molecule has 0 amide bonds. The van der Waals surface area contributed by atoms with E-state index in [-0.39, 0.29) is 0 Å². The molecule has 2 N–H and O–H groups in total. The smallest absolute Gasteiger partial charge is 0.322 e. The van der Waals surface area contributed by atoms with Gasteiger partial charge < -0.3 is 5.11 Å². The number of carboxylic acids is 1. The summed E-state index contributed by atoms with van der Waals surface area (Å²) in [6.45, 7) is 0. The molecule has 0 aliphatic rings. The summed E-state index contributed by atoms with van der Waals surface area (Å²) < 4.78 is 2.55. The summed E-state index contributed by atoms with van der Waals surface area (Å²) in [6.07, 6.45) is 0. The molecule has 0 spiro atoms. The maximum atomic E-state index is 10.0. The lowest BCUT2D eigenvalue weighted by Crippen LogP contribution is -2.31.